The molecule has 0 radical (unpaired) electrons. The Balaban J connectivity index is 1.55. The highest BCUT2D eigenvalue weighted by molar-refractivity contribution is 6.24. The monoisotopic (exact) mass is 471 g/mol. The Bertz CT molecular complexity index is 2060. The predicted octanol–water partition coefficient (Wildman–Crippen LogP) is 10.3. The summed E-state index contributed by atoms with van der Waals surface area (Å²) in [6.45, 7) is 0. The first-order valence-electron chi connectivity index (χ1n) is 13.1. The Morgan fingerprint density at radius 1 is 0.405 bits per heavy atom. The average Bonchev–Trinajstić information content (AvgIpc) is 2.97. The average molecular weight is 472 g/mol. The molecular formula is C36H22O. The lowest BCUT2D eigenvalue weighted by Crippen LogP contribution is -1.98. The fourth-order valence-corrected chi connectivity index (χ4v) is 6.04. The Morgan fingerprint density at radius 3 is 1.92 bits per heavy atom. The smallest absolute Gasteiger partial charge is 0.135 e. The molecule has 0 aliphatic carbocycles. The van der Waals surface area contributed by atoms with E-state index in [1.165, 1.54) is 10.9 Å². The van der Waals surface area contributed by atoms with Crippen molar-refractivity contribution in [3.8, 4) is 44.9 Å². The van der Waals surface area contributed by atoms with Gasteiger partial charge in [-0.25, -0.2) is 0 Å². The van der Waals surface area contributed by atoms with Gasteiger partial charge in [-0.3, -0.25) is 0 Å². The van der Waals surface area contributed by atoms with Gasteiger partial charge in [-0.2, -0.15) is 0 Å². The van der Waals surface area contributed by atoms with Gasteiger partial charge in [-0.15, -0.1) is 0 Å². The van der Waals surface area contributed by atoms with Crippen LogP contribution in [-0.2, 0) is 0 Å². The van der Waals surface area contributed by atoms with E-state index in [2.05, 4.69) is 97.1 Å². The van der Waals surface area contributed by atoms with E-state index in [0.29, 0.717) is 6.04 Å². The highest BCUT2D eigenvalue weighted by atomic mass is 16.5. The van der Waals surface area contributed by atoms with Crippen LogP contribution in [0.4, 0.5) is 0 Å². The van der Waals surface area contributed by atoms with Gasteiger partial charge in [0.25, 0.3) is 0 Å². The summed E-state index contributed by atoms with van der Waals surface area (Å²) in [6, 6.07) is 44.8. The highest BCUT2D eigenvalue weighted by Crippen LogP contribution is 2.51. The summed E-state index contributed by atoms with van der Waals surface area (Å²) in [5.41, 5.74) is 6.86. The molecule has 0 aromatic heterocycles. The first-order chi connectivity index (χ1) is 18.8. The van der Waals surface area contributed by atoms with Gasteiger partial charge in [0.05, 0.1) is 1.37 Å². The Hall–Kier alpha value is -4.88. The van der Waals surface area contributed by atoms with E-state index >= 15 is 0 Å². The molecule has 1 aliphatic rings. The van der Waals surface area contributed by atoms with Gasteiger partial charge in [0.15, 0.2) is 0 Å². The quantitative estimate of drug-likeness (QED) is 0.228. The molecule has 7 aromatic carbocycles. The zero-order valence-corrected chi connectivity index (χ0v) is 20.0. The summed E-state index contributed by atoms with van der Waals surface area (Å²) in [7, 11) is 0. The van der Waals surface area contributed by atoms with Crippen molar-refractivity contribution < 1.29 is 6.11 Å². The molecule has 0 saturated heterocycles. The third-order valence-electron chi connectivity index (χ3n) is 7.57. The summed E-state index contributed by atoms with van der Waals surface area (Å²) >= 11 is 0. The zero-order valence-electron chi connectivity index (χ0n) is 21.0. The van der Waals surface area contributed by atoms with Crippen molar-refractivity contribution in [1.82, 2.24) is 0 Å². The summed E-state index contributed by atoms with van der Waals surface area (Å²) in [5.74, 6) is 1.77. The third-order valence-corrected chi connectivity index (χ3v) is 7.57. The molecule has 0 fully saturated rings. The van der Waals surface area contributed by atoms with Crippen LogP contribution in [0, 0.1) is 0 Å². The molecule has 0 amide bonds. The van der Waals surface area contributed by atoms with E-state index in [4.69, 9.17) is 6.11 Å². The summed E-state index contributed by atoms with van der Waals surface area (Å²) in [4.78, 5) is 0. The highest BCUT2D eigenvalue weighted by Gasteiger charge is 2.23. The number of hydrogen-bond acceptors (Lipinski definition) is 1. The minimum absolute atomic E-state index is 0.536. The van der Waals surface area contributed by atoms with E-state index in [-0.39, 0.29) is 0 Å². The van der Waals surface area contributed by atoms with E-state index in [1.807, 2.05) is 30.3 Å². The molecule has 7 aromatic rings. The molecule has 1 nitrogen and oxygen atoms in total. The van der Waals surface area contributed by atoms with Gasteiger partial charge < -0.3 is 4.74 Å². The van der Waals surface area contributed by atoms with Gasteiger partial charge in [0, 0.05) is 10.9 Å². The molecule has 0 saturated carbocycles. The second kappa shape index (κ2) is 7.81. The van der Waals surface area contributed by atoms with Crippen molar-refractivity contribution in [3.63, 3.8) is 0 Å². The van der Waals surface area contributed by atoms with Crippen molar-refractivity contribution in [2.24, 2.45) is 0 Å². The Labute approximate surface area is 216 Å². The van der Waals surface area contributed by atoms with E-state index in [1.54, 1.807) is 0 Å². The van der Waals surface area contributed by atoms with Crippen LogP contribution in [0.15, 0.2) is 133 Å². The van der Waals surface area contributed by atoms with E-state index < -0.39 is 0 Å². The minimum atomic E-state index is 0.536. The van der Waals surface area contributed by atoms with Gasteiger partial charge in [0.1, 0.15) is 11.5 Å². The zero-order chi connectivity index (χ0) is 25.2. The van der Waals surface area contributed by atoms with Crippen LogP contribution in [0.1, 0.15) is 1.37 Å². The fourth-order valence-electron chi connectivity index (χ4n) is 6.04. The number of fused-ring (bicyclic) bond motifs is 4. The standard InChI is InChI=1S/C36H22O/c1-2-11-23(12-3-1)34-26-14-4-6-16-28(26)35(29-17-7-5-15-27(29)34)31-21-22-33-36-25(18-10-19-30(31)36)24-13-8-9-20-32(24)37-33/h1-22H/i14D. The number of rotatable bonds is 2. The maximum Gasteiger partial charge on any atom is 0.135 e. The molecule has 0 N–H and O–H groups in total. The van der Waals surface area contributed by atoms with Crippen LogP contribution in [-0.4, -0.2) is 0 Å². The van der Waals surface area contributed by atoms with Gasteiger partial charge >= 0.3 is 0 Å². The first kappa shape index (κ1) is 19.3. The molecule has 1 heteroatoms. The molecule has 1 aliphatic heterocycles. The second-order valence-electron chi connectivity index (χ2n) is 9.56. The molecule has 0 unspecified atom stereocenters. The number of ether oxygens (including phenoxy) is 1. The number of hydrogen-bond donors (Lipinski definition) is 0. The predicted molar refractivity (Wildman–Crippen MR) is 155 cm³/mol. The van der Waals surface area contributed by atoms with Crippen molar-refractivity contribution in [2.45, 2.75) is 0 Å². The van der Waals surface area contributed by atoms with Gasteiger partial charge in [-0.1, -0.05) is 115 Å². The SMILES string of the molecule is [2H]c1cccc2c(-c3ccc4c5c(cccc35)-c3ccccc3O4)c3ccccc3c(-c3ccccc3)c12. The third kappa shape index (κ3) is 2.92. The molecule has 0 atom stereocenters. The lowest BCUT2D eigenvalue weighted by Gasteiger charge is -2.24. The second-order valence-corrected chi connectivity index (χ2v) is 9.56. The van der Waals surface area contributed by atoms with Gasteiger partial charge in [0.2, 0.25) is 0 Å². The van der Waals surface area contributed by atoms with Gasteiger partial charge in [-0.05, 0) is 72.9 Å². The molecule has 0 spiro atoms. The van der Waals surface area contributed by atoms with Crippen molar-refractivity contribution >= 4 is 32.3 Å². The van der Waals surface area contributed by atoms with Crippen LogP contribution in [0.25, 0.3) is 65.7 Å². The minimum Gasteiger partial charge on any atom is -0.456 e. The van der Waals surface area contributed by atoms with Crippen LogP contribution >= 0.6 is 0 Å². The number of benzene rings is 7. The lowest BCUT2D eigenvalue weighted by atomic mass is 9.83. The van der Waals surface area contributed by atoms with Crippen LogP contribution in [0.5, 0.6) is 11.5 Å². The molecule has 8 rings (SSSR count). The van der Waals surface area contributed by atoms with Crippen LogP contribution < -0.4 is 4.74 Å². The largest absolute Gasteiger partial charge is 0.456 e. The molecule has 1 heterocycles. The normalized spacial score (nSPS) is 12.4. The summed E-state index contributed by atoms with van der Waals surface area (Å²) in [6.07, 6.45) is 0. The van der Waals surface area contributed by atoms with E-state index in [9.17, 15) is 0 Å². The molecular weight excluding hydrogens is 448 g/mol. The molecule has 0 bridgehead atoms. The summed E-state index contributed by atoms with van der Waals surface area (Å²) in [5, 5.41) is 6.70. The number of para-hydroxylation sites is 1. The topological polar surface area (TPSA) is 9.23 Å². The molecule has 172 valence electrons. The van der Waals surface area contributed by atoms with Crippen LogP contribution in [0.2, 0.25) is 0 Å². The lowest BCUT2D eigenvalue weighted by molar-refractivity contribution is 0.487. The van der Waals surface area contributed by atoms with Crippen molar-refractivity contribution in [1.29, 1.82) is 0 Å². The first-order valence-corrected chi connectivity index (χ1v) is 12.6. The molecule has 37 heavy (non-hydrogen) atoms. The van der Waals surface area contributed by atoms with E-state index in [0.717, 1.165) is 66.2 Å². The summed E-state index contributed by atoms with van der Waals surface area (Å²) < 4.78 is 15.4. The van der Waals surface area contributed by atoms with Crippen LogP contribution in [0.3, 0.4) is 0 Å². The fraction of sp³-hybridized carbons (Fsp3) is 0. The van der Waals surface area contributed by atoms with Crippen molar-refractivity contribution in [2.75, 3.05) is 0 Å². The van der Waals surface area contributed by atoms with Crippen molar-refractivity contribution in [3.05, 3.63) is 133 Å². The maximum absolute atomic E-state index is 9.02. The Kier molecular flexibility index (Phi) is 4.08. The Morgan fingerprint density at radius 2 is 1.05 bits per heavy atom. The maximum atomic E-state index is 9.02.